The van der Waals surface area contributed by atoms with Gasteiger partial charge in [0.05, 0.1) is 0 Å². The molecule has 0 heterocycles. The molecule has 64 heavy (non-hydrogen) atoms. The van der Waals surface area contributed by atoms with E-state index in [1.165, 1.54) is 23.3 Å². The predicted molar refractivity (Wildman–Crippen MR) is 255 cm³/mol. The van der Waals surface area contributed by atoms with Gasteiger partial charge in [-0.25, -0.2) is 17.6 Å². The third-order valence-corrected chi connectivity index (χ3v) is 12.8. The zero-order chi connectivity index (χ0) is 43.3. The van der Waals surface area contributed by atoms with Crippen LogP contribution in [0.3, 0.4) is 0 Å². The van der Waals surface area contributed by atoms with Gasteiger partial charge in [0.15, 0.2) is 11.6 Å². The fraction of sp³-hybridized carbons (Fsp3) is 0.0333. The average Bonchev–Trinajstić information content (AvgIpc) is 3.36. The zero-order valence-corrected chi connectivity index (χ0v) is 34.6. The van der Waals surface area contributed by atoms with Gasteiger partial charge in [-0.3, -0.25) is 0 Å². The molecule has 0 N–H and O–H groups in total. The fourth-order valence-electron chi connectivity index (χ4n) is 9.08. The number of halogens is 4. The maximum Gasteiger partial charge on any atom is 0.167 e. The molecule has 0 radical (unpaired) electrons. The van der Waals surface area contributed by atoms with Crippen LogP contribution in [0.5, 0.6) is 0 Å². The summed E-state index contributed by atoms with van der Waals surface area (Å²) in [7, 11) is 0. The van der Waals surface area contributed by atoms with Gasteiger partial charge in [-0.1, -0.05) is 194 Å². The molecule has 306 valence electrons. The largest absolute Gasteiger partial charge is 0.206 e. The van der Waals surface area contributed by atoms with Crippen LogP contribution >= 0.6 is 0 Å². The lowest BCUT2D eigenvalue weighted by molar-refractivity contribution is 0.514. The quantitative estimate of drug-likeness (QED) is 0.134. The molecule has 29 aliphatic rings. The Morgan fingerprint density at radius 1 is 0.219 bits per heavy atom. The van der Waals surface area contributed by atoms with Crippen LogP contribution in [0.15, 0.2) is 206 Å². The van der Waals surface area contributed by atoms with Crippen molar-refractivity contribution in [2.24, 2.45) is 0 Å². The normalized spacial score (nSPS) is 12.8. The van der Waals surface area contributed by atoms with E-state index in [0.717, 1.165) is 68.5 Å². The van der Waals surface area contributed by atoms with E-state index in [1.54, 1.807) is 12.1 Å². The minimum absolute atomic E-state index is 0.210. The first-order valence-corrected chi connectivity index (χ1v) is 21.4. The minimum Gasteiger partial charge on any atom is -0.206 e. The topological polar surface area (TPSA) is 0 Å². The molecule has 0 atom stereocenters. The Morgan fingerprint density at radius 2 is 0.422 bits per heavy atom. The van der Waals surface area contributed by atoms with Crippen molar-refractivity contribution in [3.63, 3.8) is 0 Å². The molecule has 0 nitrogen and oxygen atoms in total. The molecule has 0 unspecified atom stereocenters. The molecule has 0 saturated heterocycles. The maximum absolute atomic E-state index is 15.7. The van der Waals surface area contributed by atoms with Crippen molar-refractivity contribution in [2.45, 2.75) is 12.8 Å². The number of rotatable bonds is 0. The lowest BCUT2D eigenvalue weighted by Crippen LogP contribution is -1.95. The first-order chi connectivity index (χ1) is 31.3. The van der Waals surface area contributed by atoms with Crippen LogP contribution in [-0.4, -0.2) is 0 Å². The predicted octanol–water partition coefficient (Wildman–Crippen LogP) is 17.2. The van der Waals surface area contributed by atoms with Crippen molar-refractivity contribution >= 4 is 11.1 Å². The summed E-state index contributed by atoms with van der Waals surface area (Å²) in [6, 6.07) is 61.0. The van der Waals surface area contributed by atoms with Crippen molar-refractivity contribution in [3.05, 3.63) is 241 Å². The van der Waals surface area contributed by atoms with Gasteiger partial charge in [0.1, 0.15) is 11.6 Å². The second-order valence-corrected chi connectivity index (χ2v) is 16.5. The monoisotopic (exact) mass is 834 g/mol. The molecular weight excluding hydrogens is 797 g/mol. The molecule has 20 bridgehead atoms. The van der Waals surface area contributed by atoms with E-state index in [4.69, 9.17) is 0 Å². The molecule has 9 aromatic carbocycles. The Balaban J connectivity index is 0.933. The molecule has 0 aliphatic heterocycles. The molecule has 0 spiro atoms. The van der Waals surface area contributed by atoms with Crippen molar-refractivity contribution in [3.8, 4) is 89.0 Å². The smallest absolute Gasteiger partial charge is 0.167 e. The lowest BCUT2D eigenvalue weighted by atomic mass is 9.88. The van der Waals surface area contributed by atoms with Gasteiger partial charge in [0.25, 0.3) is 0 Å². The molecule has 38 rings (SSSR count). The highest BCUT2D eigenvalue weighted by Gasteiger charge is 2.18. The molecule has 0 aromatic heterocycles. The first-order valence-electron chi connectivity index (χ1n) is 21.4. The summed E-state index contributed by atoms with van der Waals surface area (Å²) in [6.07, 6.45) is 5.99. The summed E-state index contributed by atoms with van der Waals surface area (Å²) in [4.78, 5) is 0. The van der Waals surface area contributed by atoms with Gasteiger partial charge >= 0.3 is 0 Å². The summed E-state index contributed by atoms with van der Waals surface area (Å²) in [5.41, 5.74) is 15.9. The van der Waals surface area contributed by atoms with E-state index in [0.29, 0.717) is 22.3 Å². The van der Waals surface area contributed by atoms with Gasteiger partial charge < -0.3 is 0 Å². The number of hydrogen-bond donors (Lipinski definition) is 0. The van der Waals surface area contributed by atoms with E-state index in [-0.39, 0.29) is 22.3 Å². The van der Waals surface area contributed by atoms with E-state index < -0.39 is 23.3 Å². The van der Waals surface area contributed by atoms with Crippen molar-refractivity contribution < 1.29 is 17.6 Å². The highest BCUT2D eigenvalue weighted by molar-refractivity contribution is 5.82. The highest BCUT2D eigenvalue weighted by atomic mass is 19.2. The van der Waals surface area contributed by atoms with Gasteiger partial charge in [-0.05, 0) is 114 Å². The summed E-state index contributed by atoms with van der Waals surface area (Å²) < 4.78 is 62.9. The first kappa shape index (κ1) is 39.1. The highest BCUT2D eigenvalue weighted by Crippen LogP contribution is 2.38. The van der Waals surface area contributed by atoms with Crippen LogP contribution in [0.2, 0.25) is 0 Å². The third-order valence-electron chi connectivity index (χ3n) is 12.8. The maximum atomic E-state index is 15.7. The van der Waals surface area contributed by atoms with Gasteiger partial charge in [-0.2, -0.15) is 0 Å². The van der Waals surface area contributed by atoms with E-state index >= 15 is 17.6 Å². The molecule has 0 amide bonds. The van der Waals surface area contributed by atoms with Crippen LogP contribution in [0.25, 0.3) is 100 Å². The van der Waals surface area contributed by atoms with Crippen LogP contribution in [0.1, 0.15) is 24.0 Å². The average molecular weight is 835 g/mol. The third kappa shape index (κ3) is 7.27. The second kappa shape index (κ2) is 16.1. The van der Waals surface area contributed by atoms with Crippen LogP contribution in [0.4, 0.5) is 17.6 Å². The summed E-state index contributed by atoms with van der Waals surface area (Å²) in [5, 5.41) is 0. The molecular formula is C60H38F4. The lowest BCUT2D eigenvalue weighted by Gasteiger charge is -2.16. The Bertz CT molecular complexity index is 3270. The summed E-state index contributed by atoms with van der Waals surface area (Å²) in [6.45, 7) is 0. The summed E-state index contributed by atoms with van der Waals surface area (Å²) in [5.74, 6) is -2.71. The fourth-order valence-corrected chi connectivity index (χ4v) is 9.08. The van der Waals surface area contributed by atoms with Crippen LogP contribution in [0, 0.1) is 23.3 Å². The summed E-state index contributed by atoms with van der Waals surface area (Å²) >= 11 is 0. The number of allylic oxidation sites excluding steroid dienone is 4. The number of hydrogen-bond acceptors (Lipinski definition) is 0. The van der Waals surface area contributed by atoms with Crippen molar-refractivity contribution in [2.75, 3.05) is 0 Å². The SMILES string of the molecule is Fc1cc2c(F)cc1-c1ccc(cc1)C1=CC=C(CC1)c1ccc(cc1)-c1ccc(cc1)-c1ccc(c(F)c1F)-c1ccc(cc1)-c1ccc(cc1)-c1ccc(cc1)-c1ccc-2cc1. The Morgan fingerprint density at radius 3 is 0.656 bits per heavy atom. The Kier molecular flexibility index (Phi) is 9.85. The molecule has 0 saturated carbocycles. The van der Waals surface area contributed by atoms with E-state index in [2.05, 4.69) is 84.9 Å². The molecule has 4 heteroatoms. The van der Waals surface area contributed by atoms with Gasteiger partial charge in [0, 0.05) is 22.3 Å². The molecule has 9 aromatic rings. The molecule has 0 fully saturated rings. The Labute approximate surface area is 369 Å². The molecule has 29 aliphatic carbocycles. The number of benzene rings is 9. The minimum atomic E-state index is -0.874. The standard InChI is InChI=1S/C60H38F4/c61-57-36-56-52-31-23-48(24-32-52)44-15-7-40(8-16-44)38-3-11-42(12-4-38)46-19-27-50(28-20-46)54-34-33-53(59(63)60(54)64)49-25-17-45(18-26-49)41-9-1-37(2-10-41)39-5-13-43(14-6-39)47-21-29-51(30-22-47)55(57)35-58(56)62/h1-7,9-15,17-36H,8,16H2. The van der Waals surface area contributed by atoms with Crippen molar-refractivity contribution in [1.29, 1.82) is 0 Å². The second-order valence-electron chi connectivity index (χ2n) is 16.5. The van der Waals surface area contributed by atoms with E-state index in [9.17, 15) is 0 Å². The Hall–Kier alpha value is -7.82. The van der Waals surface area contributed by atoms with Crippen LogP contribution < -0.4 is 0 Å². The van der Waals surface area contributed by atoms with Gasteiger partial charge in [0.2, 0.25) is 0 Å². The van der Waals surface area contributed by atoms with Crippen LogP contribution in [-0.2, 0) is 0 Å². The van der Waals surface area contributed by atoms with E-state index in [1.807, 2.05) is 97.1 Å². The zero-order valence-electron chi connectivity index (χ0n) is 34.6. The van der Waals surface area contributed by atoms with Crippen molar-refractivity contribution in [1.82, 2.24) is 0 Å². The van der Waals surface area contributed by atoms with Gasteiger partial charge in [-0.15, -0.1) is 0 Å².